The minimum Gasteiger partial charge on any atom is -0.497 e. The third kappa shape index (κ3) is 3.60. The van der Waals surface area contributed by atoms with Gasteiger partial charge in [-0.3, -0.25) is 4.79 Å². The van der Waals surface area contributed by atoms with E-state index in [2.05, 4.69) is 18.3 Å². The van der Waals surface area contributed by atoms with E-state index in [0.29, 0.717) is 13.0 Å². The van der Waals surface area contributed by atoms with E-state index in [4.69, 9.17) is 4.74 Å². The maximum absolute atomic E-state index is 12.6. The molecule has 0 aromatic heterocycles. The number of rotatable bonds is 6. The molecule has 0 radical (unpaired) electrons. The Morgan fingerprint density at radius 1 is 1.21 bits per heavy atom. The van der Waals surface area contributed by atoms with Crippen molar-refractivity contribution in [1.82, 2.24) is 5.32 Å². The Hall–Kier alpha value is -2.33. The van der Waals surface area contributed by atoms with Crippen LogP contribution in [0.15, 0.2) is 48.5 Å². The smallest absolute Gasteiger partial charge is 0.228 e. The molecule has 0 spiro atoms. The van der Waals surface area contributed by atoms with Crippen LogP contribution in [0.5, 0.6) is 5.75 Å². The lowest BCUT2D eigenvalue weighted by Gasteiger charge is -2.22. The van der Waals surface area contributed by atoms with E-state index in [1.54, 1.807) is 7.11 Å². The average molecular weight is 324 g/mol. The van der Waals surface area contributed by atoms with E-state index in [1.165, 1.54) is 11.1 Å². The summed E-state index contributed by atoms with van der Waals surface area (Å²) >= 11 is 0. The highest BCUT2D eigenvalue weighted by Crippen LogP contribution is 2.32. The van der Waals surface area contributed by atoms with Crippen molar-refractivity contribution in [2.75, 3.05) is 18.6 Å². The summed E-state index contributed by atoms with van der Waals surface area (Å²) in [5.74, 6) is 1.05. The van der Waals surface area contributed by atoms with Crippen molar-refractivity contribution >= 4 is 11.6 Å². The van der Waals surface area contributed by atoms with Crippen molar-refractivity contribution in [3.8, 4) is 5.75 Å². The van der Waals surface area contributed by atoms with Crippen molar-refractivity contribution < 1.29 is 9.53 Å². The summed E-state index contributed by atoms with van der Waals surface area (Å²) < 4.78 is 5.15. The summed E-state index contributed by atoms with van der Waals surface area (Å²) in [5.41, 5.74) is 3.53. The van der Waals surface area contributed by atoms with Crippen molar-refractivity contribution in [2.45, 2.75) is 32.4 Å². The summed E-state index contributed by atoms with van der Waals surface area (Å²) in [7, 11) is 1.66. The lowest BCUT2D eigenvalue weighted by atomic mass is 10.1. The maximum Gasteiger partial charge on any atom is 0.228 e. The number of hydrogen-bond acceptors (Lipinski definition) is 3. The van der Waals surface area contributed by atoms with Crippen LogP contribution in [-0.4, -0.2) is 25.6 Å². The number of fused-ring (bicyclic) bond motifs is 1. The van der Waals surface area contributed by atoms with Gasteiger partial charge >= 0.3 is 0 Å². The van der Waals surface area contributed by atoms with Crippen molar-refractivity contribution in [3.05, 3.63) is 59.7 Å². The summed E-state index contributed by atoms with van der Waals surface area (Å²) in [6.45, 7) is 3.54. The van der Waals surface area contributed by atoms with Crippen molar-refractivity contribution in [1.29, 1.82) is 0 Å². The minimum absolute atomic E-state index is 0.190. The van der Waals surface area contributed by atoms with Gasteiger partial charge in [0, 0.05) is 31.2 Å². The van der Waals surface area contributed by atoms with Crippen LogP contribution in [0.25, 0.3) is 0 Å². The second-order valence-electron chi connectivity index (χ2n) is 6.22. The van der Waals surface area contributed by atoms with Crippen LogP contribution in [0, 0.1) is 0 Å². The largest absolute Gasteiger partial charge is 0.497 e. The Morgan fingerprint density at radius 3 is 2.71 bits per heavy atom. The van der Waals surface area contributed by atoms with Crippen LogP contribution in [-0.2, 0) is 17.8 Å². The summed E-state index contributed by atoms with van der Waals surface area (Å²) in [6, 6.07) is 16.4. The average Bonchev–Trinajstić information content (AvgIpc) is 2.95. The predicted octanol–water partition coefficient (Wildman–Crippen LogP) is 3.15. The SMILES string of the molecule is COc1ccc(CNCCC(=O)N2c3ccccc3CC2C)cc1. The number of nitrogens with zero attached hydrogens (tertiary/aromatic N) is 1. The maximum atomic E-state index is 12.6. The van der Waals surface area contributed by atoms with Gasteiger partial charge in [-0.2, -0.15) is 0 Å². The zero-order chi connectivity index (χ0) is 16.9. The molecule has 0 fully saturated rings. The summed E-state index contributed by atoms with van der Waals surface area (Å²) in [5, 5.41) is 3.34. The molecule has 1 aliphatic rings. The Bertz CT molecular complexity index is 697. The second kappa shape index (κ2) is 7.49. The number of hydrogen-bond donors (Lipinski definition) is 1. The van der Waals surface area contributed by atoms with E-state index in [1.807, 2.05) is 47.4 Å². The molecule has 1 aliphatic heterocycles. The number of anilines is 1. The van der Waals surface area contributed by atoms with Gasteiger partial charge in [-0.15, -0.1) is 0 Å². The zero-order valence-corrected chi connectivity index (χ0v) is 14.3. The molecule has 4 heteroatoms. The number of benzene rings is 2. The zero-order valence-electron chi connectivity index (χ0n) is 14.3. The molecule has 1 heterocycles. The molecular weight excluding hydrogens is 300 g/mol. The van der Waals surface area contributed by atoms with E-state index in [9.17, 15) is 4.79 Å². The van der Waals surface area contributed by atoms with Gasteiger partial charge in [0.15, 0.2) is 0 Å². The topological polar surface area (TPSA) is 41.6 Å². The van der Waals surface area contributed by atoms with Gasteiger partial charge in [-0.25, -0.2) is 0 Å². The standard InChI is InChI=1S/C20H24N2O2/c1-15-13-17-5-3-4-6-19(17)22(15)20(23)11-12-21-14-16-7-9-18(24-2)10-8-16/h3-10,15,21H,11-14H2,1-2H3. The van der Waals surface area contributed by atoms with Gasteiger partial charge in [0.25, 0.3) is 0 Å². The molecule has 0 aliphatic carbocycles. The van der Waals surface area contributed by atoms with Gasteiger partial charge in [0.05, 0.1) is 7.11 Å². The molecule has 4 nitrogen and oxygen atoms in total. The molecule has 0 saturated carbocycles. The molecular formula is C20H24N2O2. The first-order valence-corrected chi connectivity index (χ1v) is 8.42. The van der Waals surface area contributed by atoms with Gasteiger partial charge in [0.1, 0.15) is 5.75 Å². The van der Waals surface area contributed by atoms with Gasteiger partial charge in [0.2, 0.25) is 5.91 Å². The van der Waals surface area contributed by atoms with Crippen LogP contribution in [0.1, 0.15) is 24.5 Å². The lowest BCUT2D eigenvalue weighted by Crippen LogP contribution is -2.37. The molecule has 0 saturated heterocycles. The molecule has 1 N–H and O–H groups in total. The highest BCUT2D eigenvalue weighted by atomic mass is 16.5. The Morgan fingerprint density at radius 2 is 1.96 bits per heavy atom. The van der Waals surface area contributed by atoms with E-state index < -0.39 is 0 Å². The first-order valence-electron chi connectivity index (χ1n) is 8.42. The molecule has 1 amide bonds. The van der Waals surface area contributed by atoms with Crippen LogP contribution in [0.4, 0.5) is 5.69 Å². The molecule has 1 atom stereocenters. The number of carbonyl (C=O) groups is 1. The number of amides is 1. The van der Waals surface area contributed by atoms with Gasteiger partial charge < -0.3 is 15.0 Å². The molecule has 2 aromatic carbocycles. The van der Waals surface area contributed by atoms with Crippen LogP contribution < -0.4 is 15.0 Å². The summed E-state index contributed by atoms with van der Waals surface area (Å²) in [4.78, 5) is 14.5. The van der Waals surface area contributed by atoms with Crippen LogP contribution in [0.2, 0.25) is 0 Å². The number of nitrogens with one attached hydrogen (secondary N) is 1. The number of carbonyl (C=O) groups excluding carboxylic acids is 1. The first-order chi connectivity index (χ1) is 11.7. The number of ether oxygens (including phenoxy) is 1. The third-order valence-electron chi connectivity index (χ3n) is 4.48. The fraction of sp³-hybridized carbons (Fsp3) is 0.350. The Balaban J connectivity index is 1.49. The minimum atomic E-state index is 0.190. The van der Waals surface area contributed by atoms with Crippen molar-refractivity contribution in [2.24, 2.45) is 0 Å². The Labute approximate surface area is 143 Å². The molecule has 126 valence electrons. The molecule has 2 aromatic rings. The number of methoxy groups -OCH3 is 1. The quantitative estimate of drug-likeness (QED) is 0.830. The van der Waals surface area contributed by atoms with Gasteiger partial charge in [-0.05, 0) is 42.7 Å². The third-order valence-corrected chi connectivity index (χ3v) is 4.48. The first kappa shape index (κ1) is 16.5. The normalized spacial score (nSPS) is 16.1. The van der Waals surface area contributed by atoms with E-state index in [0.717, 1.165) is 24.4 Å². The monoisotopic (exact) mass is 324 g/mol. The molecule has 24 heavy (non-hydrogen) atoms. The lowest BCUT2D eigenvalue weighted by molar-refractivity contribution is -0.118. The molecule has 3 rings (SSSR count). The molecule has 1 unspecified atom stereocenters. The van der Waals surface area contributed by atoms with E-state index >= 15 is 0 Å². The fourth-order valence-corrected chi connectivity index (χ4v) is 3.24. The highest BCUT2D eigenvalue weighted by Gasteiger charge is 2.29. The van der Waals surface area contributed by atoms with Crippen molar-refractivity contribution in [3.63, 3.8) is 0 Å². The van der Waals surface area contributed by atoms with E-state index in [-0.39, 0.29) is 11.9 Å². The number of para-hydroxylation sites is 1. The van der Waals surface area contributed by atoms with Crippen LogP contribution >= 0.6 is 0 Å². The van der Waals surface area contributed by atoms with Gasteiger partial charge in [-0.1, -0.05) is 30.3 Å². The summed E-state index contributed by atoms with van der Waals surface area (Å²) in [6.07, 6.45) is 1.45. The predicted molar refractivity (Wildman–Crippen MR) is 96.4 cm³/mol. The fourth-order valence-electron chi connectivity index (χ4n) is 3.24. The van der Waals surface area contributed by atoms with Crippen LogP contribution in [0.3, 0.4) is 0 Å². The highest BCUT2D eigenvalue weighted by molar-refractivity contribution is 5.96. The second-order valence-corrected chi connectivity index (χ2v) is 6.22. The molecule has 0 bridgehead atoms. The Kier molecular flexibility index (Phi) is 5.16.